The highest BCUT2D eigenvalue weighted by Crippen LogP contribution is 2.14. The smallest absolute Gasteiger partial charge is 0.276 e. The Morgan fingerprint density at radius 3 is 2.64 bits per heavy atom. The fraction of sp³-hybridized carbons (Fsp3) is 0.250. The van der Waals surface area contributed by atoms with Crippen molar-refractivity contribution in [3.63, 3.8) is 0 Å². The van der Waals surface area contributed by atoms with E-state index >= 15 is 0 Å². The average molecular weight is 343 g/mol. The number of likely N-dealkylation sites (N-methyl/N-ethyl adjacent to an activating group) is 1. The molecular formula is C16H19N6O3+. The van der Waals surface area contributed by atoms with E-state index in [-0.39, 0.29) is 24.9 Å². The van der Waals surface area contributed by atoms with E-state index in [1.807, 2.05) is 0 Å². The Balaban J connectivity index is 1.79. The molecule has 2 rings (SSSR count). The van der Waals surface area contributed by atoms with Gasteiger partial charge in [-0.15, -0.1) is 4.91 Å². The first-order chi connectivity index (χ1) is 12.0. The molecule has 0 radical (unpaired) electrons. The van der Waals surface area contributed by atoms with Gasteiger partial charge >= 0.3 is 0 Å². The van der Waals surface area contributed by atoms with Crippen molar-refractivity contribution >= 4 is 11.8 Å². The summed E-state index contributed by atoms with van der Waals surface area (Å²) >= 11 is 0. The lowest BCUT2D eigenvalue weighted by Crippen LogP contribution is -2.37. The first-order valence-corrected chi connectivity index (χ1v) is 7.54. The second-order valence-corrected chi connectivity index (χ2v) is 5.31. The minimum Gasteiger partial charge on any atom is -0.350 e. The summed E-state index contributed by atoms with van der Waals surface area (Å²) in [6.07, 6.45) is 10.9. The number of aromatic nitrogens is 2. The minimum absolute atomic E-state index is 0.275. The third-order valence-electron chi connectivity index (χ3n) is 3.39. The van der Waals surface area contributed by atoms with Crippen LogP contribution in [0.5, 0.6) is 0 Å². The van der Waals surface area contributed by atoms with Gasteiger partial charge in [-0.05, 0) is 17.3 Å². The molecule has 0 aromatic carbocycles. The van der Waals surface area contributed by atoms with Crippen LogP contribution in [-0.4, -0.2) is 41.8 Å². The van der Waals surface area contributed by atoms with Gasteiger partial charge in [-0.2, -0.15) is 0 Å². The van der Waals surface area contributed by atoms with Crippen molar-refractivity contribution in [2.45, 2.75) is 0 Å². The van der Waals surface area contributed by atoms with Crippen LogP contribution in [0, 0.1) is 4.91 Å². The predicted octanol–water partition coefficient (Wildman–Crippen LogP) is -0.255. The highest BCUT2D eigenvalue weighted by molar-refractivity contribution is 5.96. The number of amides is 2. The van der Waals surface area contributed by atoms with Gasteiger partial charge in [0.2, 0.25) is 0 Å². The van der Waals surface area contributed by atoms with E-state index in [1.54, 1.807) is 54.3 Å². The third-order valence-corrected chi connectivity index (χ3v) is 3.39. The number of nitrogens with one attached hydrogen (secondary N) is 2. The number of hydrogen-bond acceptors (Lipinski definition) is 6. The average Bonchev–Trinajstić information content (AvgIpc) is 2.60. The van der Waals surface area contributed by atoms with Gasteiger partial charge in [0.25, 0.3) is 11.8 Å². The lowest BCUT2D eigenvalue weighted by molar-refractivity contribution is -0.672. The summed E-state index contributed by atoms with van der Waals surface area (Å²) in [5.74, 6) is -0.585. The number of carbonyl (C=O) groups is 2. The summed E-state index contributed by atoms with van der Waals surface area (Å²) in [5.41, 5.74) is 1.33. The third kappa shape index (κ3) is 5.06. The van der Waals surface area contributed by atoms with Crippen LogP contribution in [0.15, 0.2) is 59.6 Å². The van der Waals surface area contributed by atoms with Crippen LogP contribution in [0.2, 0.25) is 0 Å². The van der Waals surface area contributed by atoms with Gasteiger partial charge in [-0.3, -0.25) is 9.59 Å². The van der Waals surface area contributed by atoms with Crippen molar-refractivity contribution in [1.82, 2.24) is 20.5 Å². The summed E-state index contributed by atoms with van der Waals surface area (Å²) in [7, 11) is 3.51. The largest absolute Gasteiger partial charge is 0.350 e. The van der Waals surface area contributed by atoms with Crippen LogP contribution in [0.1, 0.15) is 10.5 Å². The second-order valence-electron chi connectivity index (χ2n) is 5.31. The van der Waals surface area contributed by atoms with E-state index < -0.39 is 0 Å². The van der Waals surface area contributed by atoms with Crippen LogP contribution in [-0.2, 0) is 11.8 Å². The van der Waals surface area contributed by atoms with Crippen LogP contribution in [0.3, 0.4) is 0 Å². The molecule has 0 aliphatic carbocycles. The van der Waals surface area contributed by atoms with E-state index in [0.717, 1.165) is 6.20 Å². The first-order valence-electron chi connectivity index (χ1n) is 7.54. The fourth-order valence-electron chi connectivity index (χ4n) is 2.09. The maximum atomic E-state index is 12.1. The summed E-state index contributed by atoms with van der Waals surface area (Å²) in [6, 6.07) is 0. The zero-order chi connectivity index (χ0) is 18.2. The molecule has 130 valence electrons. The quantitative estimate of drug-likeness (QED) is 0.421. The molecule has 0 bridgehead atoms. The maximum Gasteiger partial charge on any atom is 0.276 e. The molecule has 2 heterocycles. The minimum atomic E-state index is -0.307. The van der Waals surface area contributed by atoms with Gasteiger partial charge in [0.15, 0.2) is 18.1 Å². The van der Waals surface area contributed by atoms with Crippen molar-refractivity contribution in [2.75, 3.05) is 20.1 Å². The van der Waals surface area contributed by atoms with Gasteiger partial charge in [-0.25, -0.2) is 9.55 Å². The summed E-state index contributed by atoms with van der Waals surface area (Å²) < 4.78 is 1.73. The van der Waals surface area contributed by atoms with Crippen molar-refractivity contribution in [3.05, 3.63) is 65.0 Å². The number of rotatable bonds is 6. The van der Waals surface area contributed by atoms with E-state index in [2.05, 4.69) is 20.8 Å². The number of aryl methyl sites for hydroxylation is 1. The lowest BCUT2D eigenvalue weighted by Gasteiger charge is -2.20. The molecule has 1 aliphatic heterocycles. The van der Waals surface area contributed by atoms with Crippen molar-refractivity contribution in [1.29, 1.82) is 0 Å². The monoisotopic (exact) mass is 343 g/mol. The Morgan fingerprint density at radius 1 is 1.28 bits per heavy atom. The van der Waals surface area contributed by atoms with Gasteiger partial charge in [0, 0.05) is 26.3 Å². The topological polar surface area (TPSA) is 108 Å². The molecule has 9 nitrogen and oxygen atoms in total. The van der Waals surface area contributed by atoms with Gasteiger partial charge in [0.1, 0.15) is 7.05 Å². The molecule has 25 heavy (non-hydrogen) atoms. The van der Waals surface area contributed by atoms with Crippen LogP contribution in [0.25, 0.3) is 0 Å². The molecule has 2 amide bonds. The zero-order valence-corrected chi connectivity index (χ0v) is 14.0. The van der Waals surface area contributed by atoms with Crippen LogP contribution in [0.4, 0.5) is 0 Å². The summed E-state index contributed by atoms with van der Waals surface area (Å²) in [6.45, 7) is 0.551. The molecule has 0 fully saturated rings. The van der Waals surface area contributed by atoms with Gasteiger partial charge < -0.3 is 15.5 Å². The molecule has 0 saturated carbocycles. The Bertz CT molecular complexity index is 769. The van der Waals surface area contributed by atoms with E-state index in [9.17, 15) is 14.5 Å². The first kappa shape index (κ1) is 18.0. The van der Waals surface area contributed by atoms with Crippen molar-refractivity contribution in [2.24, 2.45) is 12.2 Å². The highest BCUT2D eigenvalue weighted by Gasteiger charge is 2.14. The number of allylic oxidation sites excluding steroid dienone is 1. The van der Waals surface area contributed by atoms with E-state index in [1.165, 1.54) is 6.20 Å². The molecule has 0 unspecified atom stereocenters. The zero-order valence-electron chi connectivity index (χ0n) is 14.0. The van der Waals surface area contributed by atoms with E-state index in [0.29, 0.717) is 17.0 Å². The van der Waals surface area contributed by atoms with Crippen molar-refractivity contribution < 1.29 is 14.2 Å². The standard InChI is InChI=1S/C16H18N6O3/c1-21-8-7-17-14(11-21)16(24)19-6-5-18-15(23)12-3-4-13(9-20-25)22(2)10-12/h3-4,7-11H,5-6H2,1-2H3,(H-,18,19,23,24)/p+1. The second kappa shape index (κ2) is 8.48. The number of hydrogen-bond donors (Lipinski definition) is 2. The molecule has 0 spiro atoms. The van der Waals surface area contributed by atoms with Gasteiger partial charge in [0.05, 0.1) is 23.7 Å². The number of nitrogens with zero attached hydrogens (tertiary/aromatic N) is 4. The summed E-state index contributed by atoms with van der Waals surface area (Å²) in [4.78, 5) is 39.9. The fourth-order valence-corrected chi connectivity index (χ4v) is 2.09. The lowest BCUT2D eigenvalue weighted by atomic mass is 10.1. The predicted molar refractivity (Wildman–Crippen MR) is 89.6 cm³/mol. The molecule has 2 N–H and O–H groups in total. The van der Waals surface area contributed by atoms with Crippen LogP contribution < -0.4 is 15.2 Å². The molecular weight excluding hydrogens is 324 g/mol. The molecule has 0 atom stereocenters. The van der Waals surface area contributed by atoms with Crippen LogP contribution >= 0.6 is 0 Å². The van der Waals surface area contributed by atoms with E-state index in [4.69, 9.17) is 0 Å². The maximum absolute atomic E-state index is 12.1. The Hall–Kier alpha value is -3.36. The highest BCUT2D eigenvalue weighted by atomic mass is 16.2. The molecule has 1 aromatic heterocycles. The molecule has 1 aromatic rings. The molecule has 0 saturated heterocycles. The molecule has 9 heteroatoms. The Morgan fingerprint density at radius 2 is 2.00 bits per heavy atom. The summed E-state index contributed by atoms with van der Waals surface area (Å²) in [5, 5.41) is 8.10. The number of carbonyl (C=O) groups excluding carboxylic acids is 2. The van der Waals surface area contributed by atoms with Gasteiger partial charge in [-0.1, -0.05) is 0 Å². The molecule has 1 aliphatic rings. The Labute approximate surface area is 144 Å². The SMILES string of the molecule is CN1C=C(C(=O)NCCNC(=O)c2c[n+](C)ccn2)C=CC1=CN=O. The Kier molecular flexibility index (Phi) is 6.10. The number of nitroso groups, excluding NO2 is 1. The van der Waals surface area contributed by atoms with Crippen molar-refractivity contribution in [3.8, 4) is 0 Å². The normalized spacial score (nSPS) is 14.9.